The molecule has 2 aromatic carbocycles. The average Bonchev–Trinajstić information content (AvgIpc) is 3.23. The number of piperidine rings is 1. The van der Waals surface area contributed by atoms with Crippen molar-refractivity contribution in [3.8, 4) is 5.75 Å². The molecule has 0 spiro atoms. The maximum atomic E-state index is 13.2. The molecular formula is C26H30N2O2. The summed E-state index contributed by atoms with van der Waals surface area (Å²) in [6.07, 6.45) is 5.16. The minimum absolute atomic E-state index is 0.0132. The van der Waals surface area contributed by atoms with Crippen LogP contribution in [0, 0.1) is 5.92 Å². The lowest BCUT2D eigenvalue weighted by molar-refractivity contribution is 0.0894. The van der Waals surface area contributed by atoms with Crippen molar-refractivity contribution >= 4 is 16.7 Å². The van der Waals surface area contributed by atoms with Gasteiger partial charge in [-0.2, -0.15) is 0 Å². The molecule has 0 amide bonds. The fourth-order valence-electron chi connectivity index (χ4n) is 4.27. The smallest absolute Gasteiger partial charge is 0.186 e. The van der Waals surface area contributed by atoms with Crippen molar-refractivity contribution in [1.82, 2.24) is 9.88 Å². The number of benzene rings is 2. The highest BCUT2D eigenvalue weighted by Crippen LogP contribution is 2.28. The summed E-state index contributed by atoms with van der Waals surface area (Å²) in [4.78, 5) is 18.9. The summed E-state index contributed by atoms with van der Waals surface area (Å²) in [7, 11) is 0. The number of aromatic amines is 1. The van der Waals surface area contributed by atoms with Crippen molar-refractivity contribution in [3.05, 3.63) is 78.0 Å². The number of carbonyl (C=O) groups is 1. The fourth-order valence-corrected chi connectivity index (χ4v) is 4.27. The third-order valence-corrected chi connectivity index (χ3v) is 5.95. The summed E-state index contributed by atoms with van der Waals surface area (Å²) < 4.78 is 5.78. The number of hydrogen-bond acceptors (Lipinski definition) is 3. The third-order valence-electron chi connectivity index (χ3n) is 5.95. The van der Waals surface area contributed by atoms with Gasteiger partial charge in [0.2, 0.25) is 0 Å². The highest BCUT2D eigenvalue weighted by Gasteiger charge is 2.30. The van der Waals surface area contributed by atoms with Gasteiger partial charge in [-0.15, -0.1) is 0 Å². The van der Waals surface area contributed by atoms with E-state index in [1.165, 1.54) is 5.57 Å². The number of Topliss-reactive ketones (excluding diaryl/α,β-unsaturated/α-hetero) is 1. The molecule has 4 rings (SSSR count). The van der Waals surface area contributed by atoms with Crippen LogP contribution >= 0.6 is 0 Å². The monoisotopic (exact) mass is 402 g/mol. The molecule has 1 atom stereocenters. The maximum absolute atomic E-state index is 13.2. The second kappa shape index (κ2) is 9.77. The number of allylic oxidation sites excluding steroid dienone is 1. The summed E-state index contributed by atoms with van der Waals surface area (Å²) in [6, 6.07) is 20.0. The summed E-state index contributed by atoms with van der Waals surface area (Å²) >= 11 is 0. The zero-order valence-corrected chi connectivity index (χ0v) is 17.6. The number of H-pyrrole nitrogens is 1. The zero-order chi connectivity index (χ0) is 20.8. The fraction of sp³-hybridized carbons (Fsp3) is 0.346. The lowest BCUT2D eigenvalue weighted by Crippen LogP contribution is -2.39. The molecule has 0 aliphatic carbocycles. The lowest BCUT2D eigenvalue weighted by atomic mass is 9.86. The molecule has 1 N–H and O–H groups in total. The van der Waals surface area contributed by atoms with E-state index in [1.807, 2.05) is 60.7 Å². The number of aromatic nitrogens is 1. The molecule has 0 saturated carbocycles. The van der Waals surface area contributed by atoms with Gasteiger partial charge in [-0.3, -0.25) is 9.69 Å². The number of fused-ring (bicyclic) bond motifs is 1. The van der Waals surface area contributed by atoms with Crippen LogP contribution < -0.4 is 4.74 Å². The molecule has 0 unspecified atom stereocenters. The van der Waals surface area contributed by atoms with E-state index < -0.39 is 0 Å². The van der Waals surface area contributed by atoms with E-state index in [1.54, 1.807) is 0 Å². The van der Waals surface area contributed by atoms with Gasteiger partial charge in [0, 0.05) is 23.4 Å². The molecule has 30 heavy (non-hydrogen) atoms. The van der Waals surface area contributed by atoms with Crippen LogP contribution in [0.5, 0.6) is 5.75 Å². The van der Waals surface area contributed by atoms with Crippen LogP contribution in [0.4, 0.5) is 0 Å². The van der Waals surface area contributed by atoms with Crippen LogP contribution in [0.15, 0.2) is 72.3 Å². The van der Waals surface area contributed by atoms with E-state index in [0.29, 0.717) is 0 Å². The number of hydrogen-bond donors (Lipinski definition) is 1. The first-order valence-electron chi connectivity index (χ1n) is 10.9. The number of rotatable bonds is 8. The predicted molar refractivity (Wildman–Crippen MR) is 122 cm³/mol. The third kappa shape index (κ3) is 4.82. The Morgan fingerprint density at radius 2 is 1.93 bits per heavy atom. The Bertz CT molecular complexity index is 973. The molecule has 1 aliphatic rings. The number of carbonyl (C=O) groups excluding carboxylic acids is 1. The second-order valence-electron chi connectivity index (χ2n) is 7.98. The Labute approximate surface area is 178 Å². The van der Waals surface area contributed by atoms with Gasteiger partial charge in [0.25, 0.3) is 0 Å². The van der Waals surface area contributed by atoms with Crippen LogP contribution in [0.3, 0.4) is 0 Å². The average molecular weight is 403 g/mol. The molecule has 2 heterocycles. The number of ketones is 1. The standard InChI is InChI=1S/C26H30N2O2/c1-2-20-19-28(15-8-9-17-30-22-11-4-3-5-12-22)16-14-23(20)26(29)25-18-21-10-6-7-13-24(21)27-25/h2-7,10-13,18,23,27H,8-9,14-17,19H2,1H3/b20-2-/t23-/m1/s1. The highest BCUT2D eigenvalue weighted by molar-refractivity contribution is 6.02. The topological polar surface area (TPSA) is 45.3 Å². The van der Waals surface area contributed by atoms with Crippen molar-refractivity contribution in [1.29, 1.82) is 0 Å². The van der Waals surface area contributed by atoms with E-state index in [-0.39, 0.29) is 11.7 Å². The molecule has 0 bridgehead atoms. The normalized spacial score (nSPS) is 18.7. The first-order chi connectivity index (χ1) is 14.7. The van der Waals surface area contributed by atoms with Gasteiger partial charge in [-0.05, 0) is 69.1 Å². The van der Waals surface area contributed by atoms with Crippen LogP contribution in [0.2, 0.25) is 0 Å². The predicted octanol–water partition coefficient (Wildman–Crippen LogP) is 5.48. The Morgan fingerprint density at radius 3 is 2.73 bits per heavy atom. The lowest BCUT2D eigenvalue weighted by Gasteiger charge is -2.33. The second-order valence-corrected chi connectivity index (χ2v) is 7.98. The molecule has 1 aromatic heterocycles. The first-order valence-corrected chi connectivity index (χ1v) is 10.9. The minimum Gasteiger partial charge on any atom is -0.494 e. The Morgan fingerprint density at radius 1 is 1.13 bits per heavy atom. The van der Waals surface area contributed by atoms with Crippen LogP contribution in [0.1, 0.15) is 36.7 Å². The number of ether oxygens (including phenoxy) is 1. The number of nitrogens with one attached hydrogen (secondary N) is 1. The molecule has 4 heteroatoms. The minimum atomic E-state index is -0.0132. The van der Waals surface area contributed by atoms with Crippen LogP contribution in [0.25, 0.3) is 10.9 Å². The zero-order valence-electron chi connectivity index (χ0n) is 17.6. The van der Waals surface area contributed by atoms with Gasteiger partial charge in [0.15, 0.2) is 5.78 Å². The van der Waals surface area contributed by atoms with Crippen molar-refractivity contribution < 1.29 is 9.53 Å². The van der Waals surface area contributed by atoms with Gasteiger partial charge in [0.05, 0.1) is 12.3 Å². The van der Waals surface area contributed by atoms with E-state index in [4.69, 9.17) is 4.74 Å². The molecule has 1 saturated heterocycles. The first kappa shape index (κ1) is 20.4. The van der Waals surface area contributed by atoms with Crippen LogP contribution in [-0.4, -0.2) is 41.9 Å². The van der Waals surface area contributed by atoms with E-state index >= 15 is 0 Å². The van der Waals surface area contributed by atoms with Crippen molar-refractivity contribution in [2.75, 3.05) is 26.2 Å². The molecule has 0 radical (unpaired) electrons. The van der Waals surface area contributed by atoms with Crippen LogP contribution in [-0.2, 0) is 0 Å². The highest BCUT2D eigenvalue weighted by atomic mass is 16.5. The van der Waals surface area contributed by atoms with Crippen molar-refractivity contribution in [2.24, 2.45) is 5.92 Å². The van der Waals surface area contributed by atoms with Gasteiger partial charge in [-0.1, -0.05) is 42.5 Å². The molecule has 3 aromatic rings. The molecule has 156 valence electrons. The van der Waals surface area contributed by atoms with E-state index in [9.17, 15) is 4.79 Å². The molecule has 1 fully saturated rings. The summed E-state index contributed by atoms with van der Waals surface area (Å²) in [5.74, 6) is 1.14. The SMILES string of the molecule is C/C=C1/CN(CCCCOc2ccccc2)CC[C@H]1C(=O)c1cc2ccccc2[nH]1. The molecule has 1 aliphatic heterocycles. The molecular weight excluding hydrogens is 372 g/mol. The maximum Gasteiger partial charge on any atom is 0.186 e. The number of likely N-dealkylation sites (tertiary alicyclic amines) is 1. The Balaban J connectivity index is 1.27. The van der Waals surface area contributed by atoms with Crippen molar-refractivity contribution in [2.45, 2.75) is 26.2 Å². The summed E-state index contributed by atoms with van der Waals surface area (Å²) in [5.41, 5.74) is 3.00. The quantitative estimate of drug-likeness (QED) is 0.308. The summed E-state index contributed by atoms with van der Waals surface area (Å²) in [5, 5.41) is 1.10. The summed E-state index contributed by atoms with van der Waals surface area (Å²) in [6.45, 7) is 5.69. The van der Waals surface area contributed by atoms with Gasteiger partial charge < -0.3 is 9.72 Å². The Kier molecular flexibility index (Phi) is 6.65. The van der Waals surface area contributed by atoms with Gasteiger partial charge in [0.1, 0.15) is 5.75 Å². The van der Waals surface area contributed by atoms with Crippen molar-refractivity contribution in [3.63, 3.8) is 0 Å². The van der Waals surface area contributed by atoms with E-state index in [0.717, 1.165) is 67.8 Å². The molecule has 4 nitrogen and oxygen atoms in total. The largest absolute Gasteiger partial charge is 0.494 e. The van der Waals surface area contributed by atoms with Gasteiger partial charge >= 0.3 is 0 Å². The number of unbranched alkanes of at least 4 members (excludes halogenated alkanes) is 1. The Hall–Kier alpha value is -2.85. The number of para-hydroxylation sites is 2. The van der Waals surface area contributed by atoms with Gasteiger partial charge in [-0.25, -0.2) is 0 Å². The number of nitrogens with zero attached hydrogens (tertiary/aromatic N) is 1. The van der Waals surface area contributed by atoms with E-state index in [2.05, 4.69) is 22.9 Å².